The van der Waals surface area contributed by atoms with E-state index in [2.05, 4.69) is 5.10 Å². The molecular weight excluding hydrogens is 182 g/mol. The van der Waals surface area contributed by atoms with Crippen LogP contribution in [0.15, 0.2) is 12.4 Å². The van der Waals surface area contributed by atoms with Crippen LogP contribution < -0.4 is 10.5 Å². The van der Waals surface area contributed by atoms with Crippen molar-refractivity contribution in [1.82, 2.24) is 9.78 Å². The first-order chi connectivity index (χ1) is 6.88. The molecule has 5 heteroatoms. The number of hydrogen-bond acceptors (Lipinski definition) is 4. The van der Waals surface area contributed by atoms with Gasteiger partial charge >= 0.3 is 0 Å². The standard InChI is InChI=1S/C9H15N3O2/c10-3-4-12-7-8(6-11-12)14-9-2-1-5-13-9/h6-7,9H,1-5,10H2. The summed E-state index contributed by atoms with van der Waals surface area (Å²) in [5, 5.41) is 4.10. The Kier molecular flexibility index (Phi) is 3.00. The molecule has 1 aliphatic rings. The lowest BCUT2D eigenvalue weighted by Gasteiger charge is -2.09. The van der Waals surface area contributed by atoms with Gasteiger partial charge < -0.3 is 15.2 Å². The molecule has 1 aromatic heterocycles. The molecular formula is C9H15N3O2. The molecule has 1 aromatic rings. The molecule has 1 fully saturated rings. The predicted octanol–water partition coefficient (Wildman–Crippen LogP) is 0.357. The summed E-state index contributed by atoms with van der Waals surface area (Å²) in [5.41, 5.74) is 5.41. The zero-order valence-electron chi connectivity index (χ0n) is 8.06. The fraction of sp³-hybridized carbons (Fsp3) is 0.667. The molecule has 0 aromatic carbocycles. The number of nitrogens with zero attached hydrogens (tertiary/aromatic N) is 2. The summed E-state index contributed by atoms with van der Waals surface area (Å²) in [5.74, 6) is 0.755. The van der Waals surface area contributed by atoms with Crippen LogP contribution in [-0.2, 0) is 11.3 Å². The van der Waals surface area contributed by atoms with Crippen molar-refractivity contribution in [3.8, 4) is 5.75 Å². The van der Waals surface area contributed by atoms with Crippen molar-refractivity contribution in [2.45, 2.75) is 25.7 Å². The molecule has 1 saturated heterocycles. The van der Waals surface area contributed by atoms with Gasteiger partial charge in [0.25, 0.3) is 0 Å². The third-order valence-corrected chi connectivity index (χ3v) is 2.12. The zero-order valence-corrected chi connectivity index (χ0v) is 8.06. The lowest BCUT2D eigenvalue weighted by Crippen LogP contribution is -2.13. The van der Waals surface area contributed by atoms with Crippen LogP contribution in [-0.4, -0.2) is 29.2 Å². The molecule has 0 spiro atoms. The van der Waals surface area contributed by atoms with Gasteiger partial charge in [-0.3, -0.25) is 4.68 Å². The van der Waals surface area contributed by atoms with E-state index in [4.69, 9.17) is 15.2 Å². The Labute approximate surface area is 82.8 Å². The van der Waals surface area contributed by atoms with E-state index in [0.717, 1.165) is 31.7 Å². The third kappa shape index (κ3) is 2.24. The summed E-state index contributed by atoms with van der Waals surface area (Å²) < 4.78 is 12.7. The Bertz CT molecular complexity index is 281. The van der Waals surface area contributed by atoms with Gasteiger partial charge in [0.1, 0.15) is 0 Å². The Morgan fingerprint density at radius 3 is 3.36 bits per heavy atom. The predicted molar refractivity (Wildman–Crippen MR) is 50.9 cm³/mol. The average molecular weight is 197 g/mol. The topological polar surface area (TPSA) is 62.3 Å². The van der Waals surface area contributed by atoms with Crippen molar-refractivity contribution >= 4 is 0 Å². The first kappa shape index (κ1) is 9.48. The highest BCUT2D eigenvalue weighted by molar-refractivity contribution is 5.11. The van der Waals surface area contributed by atoms with Gasteiger partial charge in [0.05, 0.1) is 25.5 Å². The quantitative estimate of drug-likeness (QED) is 0.757. The lowest BCUT2D eigenvalue weighted by molar-refractivity contribution is -0.0390. The highest BCUT2D eigenvalue weighted by atomic mass is 16.7. The maximum atomic E-state index is 5.56. The third-order valence-electron chi connectivity index (χ3n) is 2.12. The highest BCUT2D eigenvalue weighted by Crippen LogP contribution is 2.17. The molecule has 0 saturated carbocycles. The molecule has 1 unspecified atom stereocenters. The van der Waals surface area contributed by atoms with Crippen molar-refractivity contribution in [3.05, 3.63) is 12.4 Å². The van der Waals surface area contributed by atoms with Gasteiger partial charge in [-0.25, -0.2) is 0 Å². The van der Waals surface area contributed by atoms with Gasteiger partial charge in [0, 0.05) is 13.0 Å². The van der Waals surface area contributed by atoms with Crippen molar-refractivity contribution in [3.63, 3.8) is 0 Å². The van der Waals surface area contributed by atoms with E-state index in [1.165, 1.54) is 0 Å². The molecule has 2 heterocycles. The summed E-state index contributed by atoms with van der Waals surface area (Å²) in [6, 6.07) is 0. The fourth-order valence-electron chi connectivity index (χ4n) is 1.45. The first-order valence-electron chi connectivity index (χ1n) is 4.89. The van der Waals surface area contributed by atoms with E-state index in [1.54, 1.807) is 10.9 Å². The smallest absolute Gasteiger partial charge is 0.200 e. The molecule has 14 heavy (non-hydrogen) atoms. The molecule has 0 aliphatic carbocycles. The highest BCUT2D eigenvalue weighted by Gasteiger charge is 2.17. The zero-order chi connectivity index (χ0) is 9.80. The van der Waals surface area contributed by atoms with Crippen molar-refractivity contribution in [1.29, 1.82) is 0 Å². The van der Waals surface area contributed by atoms with E-state index in [1.807, 2.05) is 6.20 Å². The second kappa shape index (κ2) is 4.43. The molecule has 0 bridgehead atoms. The minimum absolute atomic E-state index is 0.0921. The van der Waals surface area contributed by atoms with Gasteiger partial charge in [0.15, 0.2) is 12.0 Å². The second-order valence-corrected chi connectivity index (χ2v) is 3.29. The van der Waals surface area contributed by atoms with Gasteiger partial charge in [-0.15, -0.1) is 0 Å². The molecule has 0 radical (unpaired) electrons. The van der Waals surface area contributed by atoms with Crippen LogP contribution in [0.4, 0.5) is 0 Å². The van der Waals surface area contributed by atoms with Gasteiger partial charge in [-0.05, 0) is 6.42 Å². The van der Waals surface area contributed by atoms with E-state index < -0.39 is 0 Å². The van der Waals surface area contributed by atoms with Crippen molar-refractivity contribution in [2.24, 2.45) is 5.73 Å². The summed E-state index contributed by atoms with van der Waals surface area (Å²) in [7, 11) is 0. The van der Waals surface area contributed by atoms with E-state index in [9.17, 15) is 0 Å². The average Bonchev–Trinajstić information content (AvgIpc) is 2.79. The van der Waals surface area contributed by atoms with Crippen LogP contribution in [0.3, 0.4) is 0 Å². The van der Waals surface area contributed by atoms with Crippen LogP contribution >= 0.6 is 0 Å². The second-order valence-electron chi connectivity index (χ2n) is 3.29. The number of hydrogen-bond donors (Lipinski definition) is 1. The van der Waals surface area contributed by atoms with Crippen LogP contribution in [0.25, 0.3) is 0 Å². The van der Waals surface area contributed by atoms with Gasteiger partial charge in [-0.1, -0.05) is 0 Å². The lowest BCUT2D eigenvalue weighted by atomic mass is 10.4. The number of ether oxygens (including phenoxy) is 2. The van der Waals surface area contributed by atoms with E-state index in [0.29, 0.717) is 6.54 Å². The summed E-state index contributed by atoms with van der Waals surface area (Å²) >= 11 is 0. The summed E-state index contributed by atoms with van der Waals surface area (Å²) in [6.45, 7) is 2.09. The Hall–Kier alpha value is -1.07. The van der Waals surface area contributed by atoms with Crippen LogP contribution in [0, 0.1) is 0 Å². The number of nitrogens with two attached hydrogens (primary N) is 1. The largest absolute Gasteiger partial charge is 0.462 e. The van der Waals surface area contributed by atoms with Gasteiger partial charge in [0.2, 0.25) is 0 Å². The molecule has 1 aliphatic heterocycles. The first-order valence-corrected chi connectivity index (χ1v) is 4.89. The minimum Gasteiger partial charge on any atom is -0.462 e. The number of rotatable bonds is 4. The maximum Gasteiger partial charge on any atom is 0.200 e. The Balaban J connectivity index is 1.88. The number of aromatic nitrogens is 2. The SMILES string of the molecule is NCCn1cc(OC2CCCO2)cn1. The minimum atomic E-state index is -0.0921. The maximum absolute atomic E-state index is 5.56. The molecule has 1 atom stereocenters. The van der Waals surface area contributed by atoms with E-state index in [-0.39, 0.29) is 6.29 Å². The van der Waals surface area contributed by atoms with Gasteiger partial charge in [-0.2, -0.15) is 5.10 Å². The van der Waals surface area contributed by atoms with E-state index >= 15 is 0 Å². The molecule has 78 valence electrons. The monoisotopic (exact) mass is 197 g/mol. The van der Waals surface area contributed by atoms with Crippen LogP contribution in [0.5, 0.6) is 5.75 Å². The Morgan fingerprint density at radius 2 is 2.64 bits per heavy atom. The van der Waals surface area contributed by atoms with Crippen molar-refractivity contribution < 1.29 is 9.47 Å². The summed E-state index contributed by atoms with van der Waals surface area (Å²) in [4.78, 5) is 0. The Morgan fingerprint density at radius 1 is 1.71 bits per heavy atom. The molecule has 2 N–H and O–H groups in total. The fourth-order valence-corrected chi connectivity index (χ4v) is 1.45. The molecule has 0 amide bonds. The normalized spacial score (nSPS) is 21.4. The molecule has 2 rings (SSSR count). The molecule has 5 nitrogen and oxygen atoms in total. The van der Waals surface area contributed by atoms with Crippen LogP contribution in [0.1, 0.15) is 12.8 Å². The summed E-state index contributed by atoms with van der Waals surface area (Å²) in [6.07, 6.45) is 5.47. The van der Waals surface area contributed by atoms with Crippen molar-refractivity contribution in [2.75, 3.05) is 13.2 Å². The van der Waals surface area contributed by atoms with Crippen LogP contribution in [0.2, 0.25) is 0 Å².